The number of phenolic OH excluding ortho intramolecular Hbond substituents is 1. The minimum atomic E-state index is 0.135. The molecule has 1 heterocycles. The first-order chi connectivity index (χ1) is 9.13. The topological polar surface area (TPSA) is 84.9 Å². The Hall–Kier alpha value is -2.40. The zero-order chi connectivity index (χ0) is 13.4. The van der Waals surface area contributed by atoms with E-state index < -0.39 is 0 Å². The largest absolute Gasteiger partial charge is 0.508 e. The molecule has 5 nitrogen and oxygen atoms in total. The first-order valence-electron chi connectivity index (χ1n) is 5.52. The molecule has 0 spiro atoms. The highest BCUT2D eigenvalue weighted by Gasteiger charge is 2.07. The number of benzene rings is 2. The van der Waals surface area contributed by atoms with Crippen LogP contribution in [0.1, 0.15) is 0 Å². The summed E-state index contributed by atoms with van der Waals surface area (Å²) in [6.45, 7) is 0. The van der Waals surface area contributed by atoms with Crippen LogP contribution in [0.15, 0.2) is 36.4 Å². The first-order valence-corrected chi connectivity index (χ1v) is 5.90. The van der Waals surface area contributed by atoms with Crippen molar-refractivity contribution in [1.29, 1.82) is 0 Å². The van der Waals surface area contributed by atoms with Crippen molar-refractivity contribution in [3.63, 3.8) is 0 Å². The molecule has 0 saturated carbocycles. The fourth-order valence-electron chi connectivity index (χ4n) is 1.85. The predicted octanol–water partition coefficient (Wildman–Crippen LogP) is 2.63. The molecule has 0 fully saturated rings. The van der Waals surface area contributed by atoms with Crippen molar-refractivity contribution in [1.82, 2.24) is 15.2 Å². The lowest BCUT2D eigenvalue weighted by atomic mass is 10.0. The van der Waals surface area contributed by atoms with E-state index in [4.69, 9.17) is 17.3 Å². The van der Waals surface area contributed by atoms with Gasteiger partial charge in [0, 0.05) is 10.6 Å². The molecule has 94 valence electrons. The Balaban J connectivity index is 2.20. The third-order valence-corrected chi connectivity index (χ3v) is 3.06. The van der Waals surface area contributed by atoms with Crippen molar-refractivity contribution in [2.45, 2.75) is 0 Å². The second kappa shape index (κ2) is 4.37. The molecule has 2 aromatic carbocycles. The van der Waals surface area contributed by atoms with Crippen LogP contribution in [0.4, 0.5) is 5.95 Å². The molecule has 3 aromatic rings. The van der Waals surface area contributed by atoms with Gasteiger partial charge in [0.2, 0.25) is 5.95 Å². The standard InChI is InChI=1S/C13H9ClN4O/c14-10-3-2-8(19)6-9(10)7-1-4-11-12(5-7)17-18-13(15)16-11/h1-6,19H,(H2,15,16,18). The lowest BCUT2D eigenvalue weighted by molar-refractivity contribution is 0.475. The van der Waals surface area contributed by atoms with E-state index in [0.717, 1.165) is 11.1 Å². The van der Waals surface area contributed by atoms with E-state index in [1.807, 2.05) is 6.07 Å². The van der Waals surface area contributed by atoms with Gasteiger partial charge in [0.1, 0.15) is 11.3 Å². The molecule has 19 heavy (non-hydrogen) atoms. The zero-order valence-electron chi connectivity index (χ0n) is 9.71. The monoisotopic (exact) mass is 272 g/mol. The van der Waals surface area contributed by atoms with Crippen LogP contribution in [-0.4, -0.2) is 20.3 Å². The van der Waals surface area contributed by atoms with E-state index in [1.54, 1.807) is 24.3 Å². The maximum Gasteiger partial charge on any atom is 0.240 e. The minimum Gasteiger partial charge on any atom is -0.508 e. The number of rotatable bonds is 1. The summed E-state index contributed by atoms with van der Waals surface area (Å²) in [5, 5.41) is 17.8. The zero-order valence-corrected chi connectivity index (χ0v) is 10.5. The van der Waals surface area contributed by atoms with Crippen LogP contribution in [0.3, 0.4) is 0 Å². The van der Waals surface area contributed by atoms with Crippen LogP contribution < -0.4 is 5.73 Å². The molecule has 1 aromatic heterocycles. The van der Waals surface area contributed by atoms with Crippen molar-refractivity contribution < 1.29 is 5.11 Å². The van der Waals surface area contributed by atoms with Gasteiger partial charge < -0.3 is 10.8 Å². The highest BCUT2D eigenvalue weighted by molar-refractivity contribution is 6.33. The van der Waals surface area contributed by atoms with Gasteiger partial charge >= 0.3 is 0 Å². The Morgan fingerprint density at radius 1 is 1.00 bits per heavy atom. The quantitative estimate of drug-likeness (QED) is 0.711. The summed E-state index contributed by atoms with van der Waals surface area (Å²) in [6.07, 6.45) is 0. The Labute approximate surface area is 113 Å². The van der Waals surface area contributed by atoms with Gasteiger partial charge in [-0.25, -0.2) is 4.98 Å². The number of nitrogen functional groups attached to an aromatic ring is 1. The van der Waals surface area contributed by atoms with Gasteiger partial charge in [0.05, 0.1) is 5.52 Å². The van der Waals surface area contributed by atoms with Crippen LogP contribution in [-0.2, 0) is 0 Å². The van der Waals surface area contributed by atoms with E-state index in [9.17, 15) is 5.11 Å². The number of hydrogen-bond acceptors (Lipinski definition) is 5. The van der Waals surface area contributed by atoms with Gasteiger partial charge in [-0.1, -0.05) is 17.7 Å². The highest BCUT2D eigenvalue weighted by Crippen LogP contribution is 2.32. The molecule has 0 radical (unpaired) electrons. The van der Waals surface area contributed by atoms with Gasteiger partial charge in [0.15, 0.2) is 0 Å². The Morgan fingerprint density at radius 3 is 2.68 bits per heavy atom. The molecule has 0 unspecified atom stereocenters. The summed E-state index contributed by atoms with van der Waals surface area (Å²) < 4.78 is 0. The normalized spacial score (nSPS) is 10.8. The van der Waals surface area contributed by atoms with Crippen LogP contribution in [0.5, 0.6) is 5.75 Å². The number of aromatic hydroxyl groups is 1. The molecular formula is C13H9ClN4O. The summed E-state index contributed by atoms with van der Waals surface area (Å²) in [4.78, 5) is 4.07. The number of fused-ring (bicyclic) bond motifs is 1. The molecule has 0 aliphatic carbocycles. The van der Waals surface area contributed by atoms with Gasteiger partial charge in [-0.15, -0.1) is 10.2 Å². The fourth-order valence-corrected chi connectivity index (χ4v) is 2.08. The number of anilines is 1. The summed E-state index contributed by atoms with van der Waals surface area (Å²) in [5.41, 5.74) is 8.31. The third kappa shape index (κ3) is 2.15. The van der Waals surface area contributed by atoms with E-state index in [0.29, 0.717) is 16.1 Å². The lowest BCUT2D eigenvalue weighted by Gasteiger charge is -2.06. The molecule has 0 saturated heterocycles. The number of aromatic nitrogens is 3. The van der Waals surface area contributed by atoms with Crippen molar-refractivity contribution >= 4 is 28.6 Å². The van der Waals surface area contributed by atoms with Crippen LogP contribution in [0, 0.1) is 0 Å². The van der Waals surface area contributed by atoms with Crippen molar-refractivity contribution in [3.05, 3.63) is 41.4 Å². The van der Waals surface area contributed by atoms with Crippen molar-refractivity contribution in [2.75, 3.05) is 5.73 Å². The summed E-state index contributed by atoms with van der Waals surface area (Å²) >= 11 is 6.12. The summed E-state index contributed by atoms with van der Waals surface area (Å²) in [7, 11) is 0. The number of hydrogen-bond donors (Lipinski definition) is 2. The predicted molar refractivity (Wildman–Crippen MR) is 73.9 cm³/mol. The number of nitrogens with two attached hydrogens (primary N) is 1. The highest BCUT2D eigenvalue weighted by atomic mass is 35.5. The minimum absolute atomic E-state index is 0.135. The second-order valence-corrected chi connectivity index (χ2v) is 4.44. The van der Waals surface area contributed by atoms with Gasteiger partial charge in [0.25, 0.3) is 0 Å². The molecule has 0 amide bonds. The molecule has 3 N–H and O–H groups in total. The second-order valence-electron chi connectivity index (χ2n) is 4.04. The number of phenols is 1. The van der Waals surface area contributed by atoms with Crippen molar-refractivity contribution in [3.8, 4) is 16.9 Å². The maximum absolute atomic E-state index is 9.53. The SMILES string of the molecule is Nc1nnc2cc(-c3cc(O)ccc3Cl)ccc2n1. The van der Waals surface area contributed by atoms with Gasteiger partial charge in [-0.05, 0) is 35.9 Å². The molecule has 0 bridgehead atoms. The first kappa shape index (κ1) is 11.7. The molecule has 0 atom stereocenters. The van der Waals surface area contributed by atoms with Crippen molar-refractivity contribution in [2.24, 2.45) is 0 Å². The van der Waals surface area contributed by atoms with Gasteiger partial charge in [-0.3, -0.25) is 0 Å². The van der Waals surface area contributed by atoms with Crippen LogP contribution >= 0.6 is 11.6 Å². The molecule has 3 rings (SSSR count). The number of halogens is 1. The molecular weight excluding hydrogens is 264 g/mol. The Bertz CT molecular complexity index is 776. The van der Waals surface area contributed by atoms with Gasteiger partial charge in [-0.2, -0.15) is 0 Å². The molecule has 0 aliphatic heterocycles. The van der Waals surface area contributed by atoms with E-state index >= 15 is 0 Å². The van der Waals surface area contributed by atoms with E-state index in [2.05, 4.69) is 15.2 Å². The Kier molecular flexibility index (Phi) is 2.68. The Morgan fingerprint density at radius 2 is 1.84 bits per heavy atom. The summed E-state index contributed by atoms with van der Waals surface area (Å²) in [5.74, 6) is 0.289. The average Bonchev–Trinajstić information content (AvgIpc) is 2.41. The third-order valence-electron chi connectivity index (χ3n) is 2.73. The molecule has 6 heteroatoms. The van der Waals surface area contributed by atoms with Crippen LogP contribution in [0.25, 0.3) is 22.2 Å². The van der Waals surface area contributed by atoms with Crippen LogP contribution in [0.2, 0.25) is 5.02 Å². The summed E-state index contributed by atoms with van der Waals surface area (Å²) in [6, 6.07) is 10.2. The maximum atomic E-state index is 9.53. The smallest absolute Gasteiger partial charge is 0.240 e. The van der Waals surface area contributed by atoms with E-state index in [1.165, 1.54) is 6.07 Å². The van der Waals surface area contributed by atoms with E-state index in [-0.39, 0.29) is 11.7 Å². The average molecular weight is 273 g/mol. The molecule has 0 aliphatic rings. The fraction of sp³-hybridized carbons (Fsp3) is 0. The number of nitrogens with zero attached hydrogens (tertiary/aromatic N) is 3. The lowest BCUT2D eigenvalue weighted by Crippen LogP contribution is -1.97.